The van der Waals surface area contributed by atoms with Gasteiger partial charge in [-0.25, -0.2) is 9.97 Å². The number of aromatic nitrogens is 6. The molecule has 8 heteroatoms. The molecule has 0 saturated carbocycles. The lowest BCUT2D eigenvalue weighted by molar-refractivity contribution is 0.134. The molecule has 0 radical (unpaired) electrons. The maximum absolute atomic E-state index is 5.09. The molecular formula is C19H15N7O. The molecule has 5 rings (SSSR count). The zero-order valence-corrected chi connectivity index (χ0v) is 14.4. The van der Waals surface area contributed by atoms with Crippen molar-refractivity contribution in [3.63, 3.8) is 0 Å². The average Bonchev–Trinajstić information content (AvgIpc) is 3.35. The first-order valence-electron chi connectivity index (χ1n) is 8.35. The van der Waals surface area contributed by atoms with E-state index in [1.807, 2.05) is 41.1 Å². The first-order chi connectivity index (χ1) is 13.3. The summed E-state index contributed by atoms with van der Waals surface area (Å²) in [6, 6.07) is 8.01. The van der Waals surface area contributed by atoms with Gasteiger partial charge in [-0.05, 0) is 12.1 Å². The number of imidazole rings is 1. The van der Waals surface area contributed by atoms with E-state index < -0.39 is 0 Å². The van der Waals surface area contributed by atoms with Gasteiger partial charge in [0.15, 0.2) is 11.5 Å². The molecule has 132 valence electrons. The van der Waals surface area contributed by atoms with Gasteiger partial charge in [0.1, 0.15) is 7.11 Å². The van der Waals surface area contributed by atoms with E-state index in [9.17, 15) is 0 Å². The van der Waals surface area contributed by atoms with Crippen LogP contribution in [-0.4, -0.2) is 36.4 Å². The minimum Gasteiger partial charge on any atom is -0.400 e. The molecule has 0 aliphatic carbocycles. The van der Waals surface area contributed by atoms with Gasteiger partial charge in [0.2, 0.25) is 0 Å². The van der Waals surface area contributed by atoms with E-state index in [0.29, 0.717) is 5.82 Å². The van der Waals surface area contributed by atoms with Crippen molar-refractivity contribution in [2.45, 2.75) is 0 Å². The fourth-order valence-electron chi connectivity index (χ4n) is 3.12. The number of nitrogens with one attached hydrogen (secondary N) is 1. The van der Waals surface area contributed by atoms with Crippen molar-refractivity contribution in [1.29, 1.82) is 0 Å². The average molecular weight is 357 g/mol. The summed E-state index contributed by atoms with van der Waals surface area (Å²) >= 11 is 0. The molecule has 27 heavy (non-hydrogen) atoms. The Morgan fingerprint density at radius 2 is 2.00 bits per heavy atom. The smallest absolute Gasteiger partial charge is 0.180 e. The van der Waals surface area contributed by atoms with E-state index in [2.05, 4.69) is 25.4 Å². The predicted octanol–water partition coefficient (Wildman–Crippen LogP) is 2.94. The molecule has 0 unspecified atom stereocenters. The van der Waals surface area contributed by atoms with E-state index in [1.54, 1.807) is 38.1 Å². The number of rotatable bonds is 4. The number of hydrogen-bond donors (Lipinski definition) is 1. The van der Waals surface area contributed by atoms with Crippen LogP contribution in [-0.2, 0) is 0 Å². The van der Waals surface area contributed by atoms with Crippen LogP contribution in [0.15, 0.2) is 67.6 Å². The van der Waals surface area contributed by atoms with Crippen molar-refractivity contribution in [3.05, 3.63) is 67.6 Å². The highest BCUT2D eigenvalue weighted by molar-refractivity contribution is 5.95. The number of benzene rings is 1. The van der Waals surface area contributed by atoms with E-state index in [-0.39, 0.29) is 0 Å². The Morgan fingerprint density at radius 3 is 2.89 bits per heavy atom. The van der Waals surface area contributed by atoms with Crippen LogP contribution in [0.3, 0.4) is 0 Å². The molecule has 0 atom stereocenters. The summed E-state index contributed by atoms with van der Waals surface area (Å²) in [5, 5.41) is 9.68. The molecule has 4 aromatic heterocycles. The molecule has 0 spiro atoms. The standard InChI is InChI=1S/C19H15N7O/c1-27-26-12-14(10-23-26)17-11-22-19-18(21-7-8-25(17)19)24-16-4-2-3-13-9-20-6-5-15(13)16/h2-12H,1H3,(H,21,24). The van der Waals surface area contributed by atoms with E-state index in [0.717, 1.165) is 33.4 Å². The van der Waals surface area contributed by atoms with Crippen LogP contribution in [0.2, 0.25) is 0 Å². The number of hydrogen-bond acceptors (Lipinski definition) is 6. The third-order valence-electron chi connectivity index (χ3n) is 4.40. The summed E-state index contributed by atoms with van der Waals surface area (Å²) in [7, 11) is 1.57. The fourth-order valence-corrected chi connectivity index (χ4v) is 3.12. The van der Waals surface area contributed by atoms with Crippen molar-refractivity contribution >= 4 is 27.9 Å². The van der Waals surface area contributed by atoms with Gasteiger partial charge >= 0.3 is 0 Å². The van der Waals surface area contributed by atoms with Gasteiger partial charge in [-0.3, -0.25) is 9.38 Å². The molecule has 0 aliphatic rings. The molecule has 8 nitrogen and oxygen atoms in total. The Balaban J connectivity index is 1.60. The summed E-state index contributed by atoms with van der Waals surface area (Å²) < 4.78 is 1.97. The minimum atomic E-state index is 0.673. The Morgan fingerprint density at radius 1 is 1.04 bits per heavy atom. The molecule has 0 bridgehead atoms. The second-order valence-electron chi connectivity index (χ2n) is 5.95. The second-order valence-corrected chi connectivity index (χ2v) is 5.95. The van der Waals surface area contributed by atoms with Crippen LogP contribution < -0.4 is 10.2 Å². The molecule has 1 aromatic carbocycles. The zero-order chi connectivity index (χ0) is 18.2. The Labute approximate surface area is 154 Å². The van der Waals surface area contributed by atoms with Crippen LogP contribution in [0.1, 0.15) is 0 Å². The molecular weight excluding hydrogens is 342 g/mol. The zero-order valence-electron chi connectivity index (χ0n) is 14.4. The minimum absolute atomic E-state index is 0.673. The number of fused-ring (bicyclic) bond motifs is 2. The molecule has 0 amide bonds. The lowest BCUT2D eigenvalue weighted by Gasteiger charge is -2.10. The van der Waals surface area contributed by atoms with Gasteiger partial charge in [-0.1, -0.05) is 12.1 Å². The lowest BCUT2D eigenvalue weighted by atomic mass is 10.1. The molecule has 4 heterocycles. The third kappa shape index (κ3) is 2.54. The molecule has 0 fully saturated rings. The molecule has 0 saturated heterocycles. The van der Waals surface area contributed by atoms with Crippen LogP contribution in [0, 0.1) is 0 Å². The highest BCUT2D eigenvalue weighted by Crippen LogP contribution is 2.28. The van der Waals surface area contributed by atoms with Crippen molar-refractivity contribution in [2.24, 2.45) is 0 Å². The topological polar surface area (TPSA) is 82.2 Å². The number of nitrogens with zero attached hydrogens (tertiary/aromatic N) is 6. The predicted molar refractivity (Wildman–Crippen MR) is 102 cm³/mol. The summed E-state index contributed by atoms with van der Waals surface area (Å²) in [4.78, 5) is 19.7. The Bertz CT molecular complexity index is 1250. The maximum Gasteiger partial charge on any atom is 0.180 e. The maximum atomic E-state index is 5.09. The summed E-state index contributed by atoms with van der Waals surface area (Å²) in [6.45, 7) is 0. The normalized spacial score (nSPS) is 11.1. The Kier molecular flexibility index (Phi) is 3.46. The van der Waals surface area contributed by atoms with E-state index in [1.165, 1.54) is 4.85 Å². The quantitative estimate of drug-likeness (QED) is 0.532. The van der Waals surface area contributed by atoms with Crippen LogP contribution in [0.4, 0.5) is 11.5 Å². The summed E-state index contributed by atoms with van der Waals surface area (Å²) in [6.07, 6.45) is 12.6. The third-order valence-corrected chi connectivity index (χ3v) is 4.40. The van der Waals surface area contributed by atoms with Gasteiger partial charge in [-0.2, -0.15) is 0 Å². The highest BCUT2D eigenvalue weighted by atomic mass is 16.7. The van der Waals surface area contributed by atoms with E-state index in [4.69, 9.17) is 4.84 Å². The van der Waals surface area contributed by atoms with E-state index >= 15 is 0 Å². The lowest BCUT2D eigenvalue weighted by Crippen LogP contribution is -2.04. The first-order valence-corrected chi connectivity index (χ1v) is 8.35. The Hall–Kier alpha value is -3.94. The second kappa shape index (κ2) is 6.10. The van der Waals surface area contributed by atoms with Crippen LogP contribution >= 0.6 is 0 Å². The fraction of sp³-hybridized carbons (Fsp3) is 0.0526. The van der Waals surface area contributed by atoms with Gasteiger partial charge in [-0.15, -0.1) is 9.94 Å². The van der Waals surface area contributed by atoms with Crippen molar-refractivity contribution < 1.29 is 4.84 Å². The molecule has 5 aromatic rings. The molecule has 1 N–H and O–H groups in total. The monoisotopic (exact) mass is 357 g/mol. The number of anilines is 2. The van der Waals surface area contributed by atoms with Gasteiger partial charge in [0.25, 0.3) is 0 Å². The first kappa shape index (κ1) is 15.3. The largest absolute Gasteiger partial charge is 0.400 e. The van der Waals surface area contributed by atoms with Crippen molar-refractivity contribution in [2.75, 3.05) is 12.4 Å². The van der Waals surface area contributed by atoms with Crippen molar-refractivity contribution in [3.8, 4) is 11.3 Å². The summed E-state index contributed by atoms with van der Waals surface area (Å²) in [5.74, 6) is 0.673. The SMILES string of the molecule is COn1cc(-c2cnc3c(Nc4cccc5cnccc45)nccn23)cn1. The van der Waals surface area contributed by atoms with Gasteiger partial charge in [0, 0.05) is 46.8 Å². The summed E-state index contributed by atoms with van der Waals surface area (Å²) in [5.41, 5.74) is 3.48. The highest BCUT2D eigenvalue weighted by Gasteiger charge is 2.13. The van der Waals surface area contributed by atoms with Crippen molar-refractivity contribution in [1.82, 2.24) is 29.3 Å². The number of pyridine rings is 1. The van der Waals surface area contributed by atoms with Crippen LogP contribution in [0.5, 0.6) is 0 Å². The molecule has 0 aliphatic heterocycles. The van der Waals surface area contributed by atoms with Gasteiger partial charge < -0.3 is 10.2 Å². The van der Waals surface area contributed by atoms with Crippen LogP contribution in [0.25, 0.3) is 27.7 Å². The van der Waals surface area contributed by atoms with Gasteiger partial charge in [0.05, 0.1) is 24.3 Å².